The summed E-state index contributed by atoms with van der Waals surface area (Å²) < 4.78 is 22.8. The van der Waals surface area contributed by atoms with Crippen LogP contribution in [0.2, 0.25) is 0 Å². The van der Waals surface area contributed by atoms with Crippen molar-refractivity contribution in [2.75, 3.05) is 6.26 Å². The molecule has 0 amide bonds. The molecule has 0 aliphatic rings. The highest BCUT2D eigenvalue weighted by atomic mass is 32.2. The van der Waals surface area contributed by atoms with Gasteiger partial charge < -0.3 is 0 Å². The molecule has 1 atom stereocenters. The Hall–Kier alpha value is -1.09. The molecule has 0 saturated heterocycles. The van der Waals surface area contributed by atoms with E-state index < -0.39 is 9.84 Å². The van der Waals surface area contributed by atoms with Gasteiger partial charge in [-0.25, -0.2) is 8.42 Å². The van der Waals surface area contributed by atoms with Gasteiger partial charge in [-0.3, -0.25) is 0 Å². The lowest BCUT2D eigenvalue weighted by atomic mass is 9.93. The highest BCUT2D eigenvalue weighted by molar-refractivity contribution is 7.90. The van der Waals surface area contributed by atoms with Gasteiger partial charge in [0, 0.05) is 6.26 Å². The Morgan fingerprint density at radius 2 is 1.72 bits per heavy atom. The minimum absolute atomic E-state index is 0.394. The Bertz CT molecular complexity index is 484. The van der Waals surface area contributed by atoms with Gasteiger partial charge in [-0.1, -0.05) is 38.1 Å². The SMILES string of the molecule is CC/C=C\CC(CC)c1ccc(S(C)(=O)=O)cc1. The second kappa shape index (κ2) is 6.74. The fraction of sp³-hybridized carbons (Fsp3) is 0.467. The molecule has 0 aliphatic carbocycles. The quantitative estimate of drug-likeness (QED) is 0.731. The lowest BCUT2D eigenvalue weighted by Gasteiger charge is -2.13. The molecular formula is C15H22O2S. The first kappa shape index (κ1) is 15.0. The number of hydrogen-bond acceptors (Lipinski definition) is 2. The van der Waals surface area contributed by atoms with Crippen LogP contribution >= 0.6 is 0 Å². The van der Waals surface area contributed by atoms with Crippen molar-refractivity contribution in [3.63, 3.8) is 0 Å². The van der Waals surface area contributed by atoms with Crippen LogP contribution in [0.1, 0.15) is 44.6 Å². The zero-order chi connectivity index (χ0) is 13.6. The molecule has 18 heavy (non-hydrogen) atoms. The maximum Gasteiger partial charge on any atom is 0.175 e. The second-order valence-corrected chi connectivity index (χ2v) is 6.58. The van der Waals surface area contributed by atoms with Gasteiger partial charge in [0.2, 0.25) is 0 Å². The van der Waals surface area contributed by atoms with Crippen LogP contribution in [0.15, 0.2) is 41.3 Å². The van der Waals surface area contributed by atoms with E-state index in [-0.39, 0.29) is 0 Å². The van der Waals surface area contributed by atoms with Gasteiger partial charge in [0.25, 0.3) is 0 Å². The summed E-state index contributed by atoms with van der Waals surface area (Å²) >= 11 is 0. The van der Waals surface area contributed by atoms with Crippen molar-refractivity contribution >= 4 is 9.84 Å². The number of benzene rings is 1. The lowest BCUT2D eigenvalue weighted by Crippen LogP contribution is -1.99. The van der Waals surface area contributed by atoms with Crippen molar-refractivity contribution < 1.29 is 8.42 Å². The molecule has 3 heteroatoms. The molecular weight excluding hydrogens is 244 g/mol. The minimum atomic E-state index is -3.09. The summed E-state index contributed by atoms with van der Waals surface area (Å²) in [4.78, 5) is 0.394. The van der Waals surface area contributed by atoms with Crippen molar-refractivity contribution in [1.82, 2.24) is 0 Å². The molecule has 1 aromatic carbocycles. The third kappa shape index (κ3) is 4.30. The normalized spacial score (nSPS) is 13.9. The summed E-state index contributed by atoms with van der Waals surface area (Å²) in [7, 11) is -3.09. The van der Waals surface area contributed by atoms with Crippen LogP contribution in [-0.4, -0.2) is 14.7 Å². The number of rotatable bonds is 6. The molecule has 0 heterocycles. The average molecular weight is 266 g/mol. The smallest absolute Gasteiger partial charge is 0.175 e. The van der Waals surface area contributed by atoms with Gasteiger partial charge in [0.1, 0.15) is 0 Å². The van der Waals surface area contributed by atoms with Crippen LogP contribution < -0.4 is 0 Å². The first-order valence-electron chi connectivity index (χ1n) is 6.44. The summed E-state index contributed by atoms with van der Waals surface area (Å²) in [5.74, 6) is 0.474. The molecule has 0 aliphatic heterocycles. The van der Waals surface area contributed by atoms with Crippen LogP contribution in [0, 0.1) is 0 Å². The summed E-state index contributed by atoms with van der Waals surface area (Å²) in [6, 6.07) is 7.28. The third-order valence-corrected chi connectivity index (χ3v) is 4.22. The summed E-state index contributed by atoms with van der Waals surface area (Å²) in [5.41, 5.74) is 1.21. The molecule has 1 rings (SSSR count). The topological polar surface area (TPSA) is 34.1 Å². The molecule has 100 valence electrons. The largest absolute Gasteiger partial charge is 0.224 e. The number of allylic oxidation sites excluding steroid dienone is 2. The zero-order valence-electron chi connectivity index (χ0n) is 11.4. The Morgan fingerprint density at radius 3 is 2.17 bits per heavy atom. The van der Waals surface area contributed by atoms with Gasteiger partial charge in [0.15, 0.2) is 9.84 Å². The van der Waals surface area contributed by atoms with Crippen LogP contribution in [0.3, 0.4) is 0 Å². The van der Waals surface area contributed by atoms with Crippen molar-refractivity contribution in [1.29, 1.82) is 0 Å². The first-order chi connectivity index (χ1) is 8.49. The van der Waals surface area contributed by atoms with E-state index in [4.69, 9.17) is 0 Å². The van der Waals surface area contributed by atoms with E-state index in [1.165, 1.54) is 11.8 Å². The van der Waals surface area contributed by atoms with E-state index in [0.29, 0.717) is 10.8 Å². The van der Waals surface area contributed by atoms with Crippen LogP contribution in [0.4, 0.5) is 0 Å². The average Bonchev–Trinajstić information content (AvgIpc) is 2.34. The maximum atomic E-state index is 11.4. The Kier molecular flexibility index (Phi) is 5.60. The van der Waals surface area contributed by atoms with Gasteiger partial charge in [-0.15, -0.1) is 0 Å². The predicted octanol–water partition coefficient (Wildman–Crippen LogP) is 3.94. The molecule has 1 unspecified atom stereocenters. The third-order valence-electron chi connectivity index (χ3n) is 3.10. The lowest BCUT2D eigenvalue weighted by molar-refractivity contribution is 0.601. The summed E-state index contributed by atoms with van der Waals surface area (Å²) in [6.07, 6.45) is 8.76. The van der Waals surface area contributed by atoms with Crippen LogP contribution in [0.25, 0.3) is 0 Å². The van der Waals surface area contributed by atoms with E-state index in [9.17, 15) is 8.42 Å². The van der Waals surface area contributed by atoms with Gasteiger partial charge in [-0.2, -0.15) is 0 Å². The second-order valence-electron chi connectivity index (χ2n) is 4.56. The Balaban J connectivity index is 2.85. The van der Waals surface area contributed by atoms with Crippen LogP contribution in [0.5, 0.6) is 0 Å². The monoisotopic (exact) mass is 266 g/mol. The van der Waals surface area contributed by atoms with E-state index in [0.717, 1.165) is 19.3 Å². The molecule has 1 aromatic rings. The predicted molar refractivity (Wildman–Crippen MR) is 76.6 cm³/mol. The summed E-state index contributed by atoms with van der Waals surface area (Å²) in [5, 5.41) is 0. The van der Waals surface area contributed by atoms with E-state index in [2.05, 4.69) is 26.0 Å². The zero-order valence-corrected chi connectivity index (χ0v) is 12.2. The summed E-state index contributed by atoms with van der Waals surface area (Å²) in [6.45, 7) is 4.29. The van der Waals surface area contributed by atoms with Crippen molar-refractivity contribution in [3.8, 4) is 0 Å². The first-order valence-corrected chi connectivity index (χ1v) is 8.33. The van der Waals surface area contributed by atoms with E-state index >= 15 is 0 Å². The molecule has 2 nitrogen and oxygen atoms in total. The van der Waals surface area contributed by atoms with E-state index in [1.54, 1.807) is 12.1 Å². The molecule has 0 saturated carbocycles. The molecule has 0 fully saturated rings. The van der Waals surface area contributed by atoms with Gasteiger partial charge in [-0.05, 0) is 42.9 Å². The van der Waals surface area contributed by atoms with Crippen molar-refractivity contribution in [2.24, 2.45) is 0 Å². The molecule has 0 N–H and O–H groups in total. The fourth-order valence-corrected chi connectivity index (χ4v) is 2.58. The molecule has 0 aromatic heterocycles. The van der Waals surface area contributed by atoms with E-state index in [1.807, 2.05) is 12.1 Å². The fourth-order valence-electron chi connectivity index (χ4n) is 1.95. The number of hydrogen-bond donors (Lipinski definition) is 0. The van der Waals surface area contributed by atoms with Crippen molar-refractivity contribution in [2.45, 2.75) is 43.9 Å². The Labute approximate surface area is 111 Å². The van der Waals surface area contributed by atoms with Gasteiger partial charge in [0.05, 0.1) is 4.90 Å². The highest BCUT2D eigenvalue weighted by Gasteiger charge is 2.10. The molecule has 0 bridgehead atoms. The maximum absolute atomic E-state index is 11.4. The standard InChI is InChI=1S/C15H22O2S/c1-4-6-7-8-13(5-2)14-9-11-15(12-10-14)18(3,16)17/h6-7,9-13H,4-5,8H2,1-3H3/b7-6-. The van der Waals surface area contributed by atoms with Gasteiger partial charge >= 0.3 is 0 Å². The minimum Gasteiger partial charge on any atom is -0.224 e. The van der Waals surface area contributed by atoms with Crippen LogP contribution in [-0.2, 0) is 9.84 Å². The molecule has 0 radical (unpaired) electrons. The molecule has 0 spiro atoms. The Morgan fingerprint density at radius 1 is 1.11 bits per heavy atom. The number of sulfone groups is 1. The highest BCUT2D eigenvalue weighted by Crippen LogP contribution is 2.25. The van der Waals surface area contributed by atoms with Crippen molar-refractivity contribution in [3.05, 3.63) is 42.0 Å².